The van der Waals surface area contributed by atoms with Crippen molar-refractivity contribution in [3.63, 3.8) is 0 Å². The fraction of sp³-hybridized carbons (Fsp3) is 0.200. The number of nitrogens with one attached hydrogen (secondary N) is 1. The number of rotatable bonds is 4. The molecule has 0 bridgehead atoms. The highest BCUT2D eigenvalue weighted by molar-refractivity contribution is 5.79. The lowest BCUT2D eigenvalue weighted by Gasteiger charge is -1.97. The monoisotopic (exact) mass is 210 g/mol. The molecule has 0 fully saturated rings. The highest BCUT2D eigenvalue weighted by Crippen LogP contribution is 1.99. The number of benzene rings is 1. The van der Waals surface area contributed by atoms with Crippen molar-refractivity contribution in [1.82, 2.24) is 5.32 Å². The van der Waals surface area contributed by atoms with E-state index in [0.717, 1.165) is 0 Å². The van der Waals surface area contributed by atoms with Crippen LogP contribution in [-0.4, -0.2) is 25.8 Å². The molecule has 0 heterocycles. The smallest absolute Gasteiger partial charge is 0.260 e. The van der Waals surface area contributed by atoms with Crippen molar-refractivity contribution in [2.75, 3.05) is 13.7 Å². The van der Waals surface area contributed by atoms with Crippen molar-refractivity contribution in [1.29, 1.82) is 0 Å². The standard InChI is InChI=1S/C10H11FN2O2/c1-12-10(14)7-15-13-6-8-2-4-9(11)5-3-8/h2-6H,7H2,1H3,(H,12,14)/b13-6+. The van der Waals surface area contributed by atoms with Crippen LogP contribution in [0.4, 0.5) is 4.39 Å². The van der Waals surface area contributed by atoms with E-state index in [9.17, 15) is 9.18 Å². The number of likely N-dealkylation sites (N-methyl/N-ethyl adjacent to an activating group) is 1. The van der Waals surface area contributed by atoms with Crippen LogP contribution in [0, 0.1) is 5.82 Å². The van der Waals surface area contributed by atoms with Gasteiger partial charge in [-0.15, -0.1) is 0 Å². The Morgan fingerprint density at radius 2 is 2.20 bits per heavy atom. The molecule has 0 aliphatic carbocycles. The molecule has 1 aromatic rings. The summed E-state index contributed by atoms with van der Waals surface area (Å²) in [5.74, 6) is -0.565. The number of hydrogen-bond donors (Lipinski definition) is 1. The Balaban J connectivity index is 2.38. The Hall–Kier alpha value is -1.91. The van der Waals surface area contributed by atoms with Crippen LogP contribution >= 0.6 is 0 Å². The fourth-order valence-corrected chi connectivity index (χ4v) is 0.815. The van der Waals surface area contributed by atoms with Gasteiger partial charge in [0, 0.05) is 7.05 Å². The zero-order valence-corrected chi connectivity index (χ0v) is 8.24. The molecule has 0 spiro atoms. The molecular formula is C10H11FN2O2. The van der Waals surface area contributed by atoms with E-state index >= 15 is 0 Å². The molecule has 1 N–H and O–H groups in total. The Kier molecular flexibility index (Phi) is 4.28. The summed E-state index contributed by atoms with van der Waals surface area (Å²) >= 11 is 0. The van der Waals surface area contributed by atoms with E-state index in [1.54, 1.807) is 12.1 Å². The van der Waals surface area contributed by atoms with Gasteiger partial charge in [-0.05, 0) is 17.7 Å². The van der Waals surface area contributed by atoms with Crippen LogP contribution in [0.15, 0.2) is 29.4 Å². The predicted octanol–water partition coefficient (Wildman–Crippen LogP) is 0.922. The van der Waals surface area contributed by atoms with Gasteiger partial charge in [0.2, 0.25) is 0 Å². The minimum Gasteiger partial charge on any atom is -0.386 e. The quantitative estimate of drug-likeness (QED) is 0.593. The molecule has 1 aromatic carbocycles. The number of carbonyl (C=O) groups is 1. The van der Waals surface area contributed by atoms with Gasteiger partial charge in [0.1, 0.15) is 5.82 Å². The van der Waals surface area contributed by atoms with Gasteiger partial charge in [0.05, 0.1) is 6.21 Å². The van der Waals surface area contributed by atoms with Crippen LogP contribution in [0.25, 0.3) is 0 Å². The van der Waals surface area contributed by atoms with Gasteiger partial charge in [-0.2, -0.15) is 0 Å². The van der Waals surface area contributed by atoms with Gasteiger partial charge in [-0.1, -0.05) is 17.3 Å². The van der Waals surface area contributed by atoms with E-state index < -0.39 is 0 Å². The molecule has 0 saturated heterocycles. The second-order valence-electron chi connectivity index (χ2n) is 2.73. The molecule has 4 nitrogen and oxygen atoms in total. The minimum absolute atomic E-state index is 0.131. The van der Waals surface area contributed by atoms with E-state index in [1.165, 1.54) is 25.4 Å². The number of halogens is 1. The average molecular weight is 210 g/mol. The summed E-state index contributed by atoms with van der Waals surface area (Å²) in [6.45, 7) is -0.131. The highest BCUT2D eigenvalue weighted by atomic mass is 19.1. The molecule has 15 heavy (non-hydrogen) atoms. The Bertz CT molecular complexity index is 349. The number of hydrogen-bond acceptors (Lipinski definition) is 3. The predicted molar refractivity (Wildman–Crippen MR) is 54.0 cm³/mol. The topological polar surface area (TPSA) is 50.7 Å². The van der Waals surface area contributed by atoms with E-state index in [1.807, 2.05) is 0 Å². The number of carbonyl (C=O) groups excluding carboxylic acids is 1. The third-order valence-corrected chi connectivity index (χ3v) is 1.62. The van der Waals surface area contributed by atoms with Crippen LogP contribution in [0.2, 0.25) is 0 Å². The summed E-state index contributed by atoms with van der Waals surface area (Å²) in [5, 5.41) is 5.93. The Labute approximate surface area is 86.7 Å². The van der Waals surface area contributed by atoms with Crippen LogP contribution in [0.5, 0.6) is 0 Å². The summed E-state index contributed by atoms with van der Waals surface area (Å²) in [6.07, 6.45) is 1.41. The molecule has 1 rings (SSSR count). The zero-order valence-electron chi connectivity index (χ0n) is 8.24. The van der Waals surface area contributed by atoms with E-state index in [4.69, 9.17) is 0 Å². The summed E-state index contributed by atoms with van der Waals surface area (Å²) < 4.78 is 12.5. The molecule has 0 atom stereocenters. The van der Waals surface area contributed by atoms with Gasteiger partial charge < -0.3 is 10.2 Å². The van der Waals surface area contributed by atoms with Crippen LogP contribution < -0.4 is 5.32 Å². The van der Waals surface area contributed by atoms with Gasteiger partial charge in [-0.25, -0.2) is 4.39 Å². The van der Waals surface area contributed by atoms with Crippen molar-refractivity contribution >= 4 is 12.1 Å². The minimum atomic E-state index is -0.307. The van der Waals surface area contributed by atoms with Crippen molar-refractivity contribution in [2.45, 2.75) is 0 Å². The first-order chi connectivity index (χ1) is 7.22. The van der Waals surface area contributed by atoms with Gasteiger partial charge >= 0.3 is 0 Å². The number of oxime groups is 1. The second-order valence-corrected chi connectivity index (χ2v) is 2.73. The number of amides is 1. The molecule has 0 aliphatic rings. The highest BCUT2D eigenvalue weighted by Gasteiger charge is 1.95. The summed E-state index contributed by atoms with van der Waals surface area (Å²) in [7, 11) is 1.51. The van der Waals surface area contributed by atoms with Crippen LogP contribution in [-0.2, 0) is 9.63 Å². The first-order valence-electron chi connectivity index (χ1n) is 4.34. The number of nitrogens with zero attached hydrogens (tertiary/aromatic N) is 1. The Morgan fingerprint density at radius 1 is 1.53 bits per heavy atom. The summed E-state index contributed by atoms with van der Waals surface area (Å²) in [4.78, 5) is 15.4. The lowest BCUT2D eigenvalue weighted by atomic mass is 10.2. The van der Waals surface area contributed by atoms with Crippen LogP contribution in [0.3, 0.4) is 0 Å². The SMILES string of the molecule is CNC(=O)CO/N=C/c1ccc(F)cc1. The van der Waals surface area contributed by atoms with Gasteiger partial charge in [0.15, 0.2) is 6.61 Å². The average Bonchev–Trinajstić information content (AvgIpc) is 2.26. The van der Waals surface area contributed by atoms with E-state index in [0.29, 0.717) is 5.56 Å². The molecule has 0 radical (unpaired) electrons. The van der Waals surface area contributed by atoms with E-state index in [-0.39, 0.29) is 18.3 Å². The molecule has 80 valence electrons. The first kappa shape index (κ1) is 11.2. The Morgan fingerprint density at radius 3 is 2.80 bits per heavy atom. The van der Waals surface area contributed by atoms with Gasteiger partial charge in [-0.3, -0.25) is 4.79 Å². The third kappa shape index (κ3) is 4.21. The first-order valence-corrected chi connectivity index (χ1v) is 4.34. The normalized spacial score (nSPS) is 10.3. The third-order valence-electron chi connectivity index (χ3n) is 1.62. The molecule has 1 amide bonds. The van der Waals surface area contributed by atoms with Crippen molar-refractivity contribution in [2.24, 2.45) is 5.16 Å². The maximum absolute atomic E-state index is 12.5. The van der Waals surface area contributed by atoms with Crippen molar-refractivity contribution in [3.8, 4) is 0 Å². The maximum Gasteiger partial charge on any atom is 0.260 e. The van der Waals surface area contributed by atoms with E-state index in [2.05, 4.69) is 15.3 Å². The molecule has 0 saturated carbocycles. The zero-order chi connectivity index (χ0) is 11.1. The summed E-state index contributed by atoms with van der Waals surface area (Å²) in [5.41, 5.74) is 0.702. The van der Waals surface area contributed by atoms with Crippen LogP contribution in [0.1, 0.15) is 5.56 Å². The lowest BCUT2D eigenvalue weighted by Crippen LogP contribution is -2.22. The van der Waals surface area contributed by atoms with Crippen molar-refractivity contribution < 1.29 is 14.0 Å². The molecule has 0 aromatic heterocycles. The second kappa shape index (κ2) is 5.74. The maximum atomic E-state index is 12.5. The van der Waals surface area contributed by atoms with Gasteiger partial charge in [0.25, 0.3) is 5.91 Å². The fourth-order valence-electron chi connectivity index (χ4n) is 0.815. The molecule has 5 heteroatoms. The molecule has 0 aliphatic heterocycles. The lowest BCUT2D eigenvalue weighted by molar-refractivity contribution is -0.125. The largest absolute Gasteiger partial charge is 0.386 e. The molecule has 0 unspecified atom stereocenters. The molecular weight excluding hydrogens is 199 g/mol. The summed E-state index contributed by atoms with van der Waals surface area (Å²) in [6, 6.07) is 5.75. The van der Waals surface area contributed by atoms with Crippen molar-refractivity contribution in [3.05, 3.63) is 35.6 Å².